The van der Waals surface area contributed by atoms with Crippen molar-refractivity contribution in [2.24, 2.45) is 0 Å². The zero-order chi connectivity index (χ0) is 20.1. The third-order valence-corrected chi connectivity index (χ3v) is 5.32. The van der Waals surface area contributed by atoms with E-state index in [9.17, 15) is 4.79 Å². The molecule has 0 radical (unpaired) electrons. The van der Waals surface area contributed by atoms with E-state index < -0.39 is 5.41 Å². The van der Waals surface area contributed by atoms with Gasteiger partial charge in [-0.15, -0.1) is 0 Å². The number of carbonyl (C=O) groups excluding carboxylic acids is 1. The molecule has 7 nitrogen and oxygen atoms in total. The lowest BCUT2D eigenvalue weighted by molar-refractivity contribution is -0.130. The monoisotopic (exact) mass is 393 g/mol. The van der Waals surface area contributed by atoms with Crippen LogP contribution < -0.4 is 10.1 Å². The molecule has 0 atom stereocenters. The number of ether oxygens (including phenoxy) is 2. The molecule has 0 unspecified atom stereocenters. The fraction of sp³-hybridized carbons (Fsp3) is 0.318. The molecule has 0 bridgehead atoms. The third-order valence-electron chi connectivity index (χ3n) is 5.32. The van der Waals surface area contributed by atoms with Crippen molar-refractivity contribution in [1.82, 2.24) is 15.5 Å². The van der Waals surface area contributed by atoms with Gasteiger partial charge in [-0.25, -0.2) is 0 Å². The minimum Gasteiger partial charge on any atom is -0.497 e. The van der Waals surface area contributed by atoms with E-state index in [1.807, 2.05) is 54.6 Å². The van der Waals surface area contributed by atoms with Crippen molar-refractivity contribution in [3.05, 3.63) is 66.1 Å². The summed E-state index contributed by atoms with van der Waals surface area (Å²) < 4.78 is 16.0. The molecule has 1 saturated heterocycles. The van der Waals surface area contributed by atoms with Gasteiger partial charge in [0.25, 0.3) is 0 Å². The molecule has 2 heterocycles. The summed E-state index contributed by atoms with van der Waals surface area (Å²) in [7, 11) is 1.62. The number of benzene rings is 2. The first-order valence-electron chi connectivity index (χ1n) is 9.60. The second-order valence-electron chi connectivity index (χ2n) is 6.98. The Morgan fingerprint density at radius 3 is 2.52 bits per heavy atom. The molecule has 150 valence electrons. The van der Waals surface area contributed by atoms with Crippen LogP contribution in [-0.4, -0.2) is 36.4 Å². The van der Waals surface area contributed by atoms with E-state index in [0.717, 1.165) is 16.9 Å². The summed E-state index contributed by atoms with van der Waals surface area (Å²) in [5.41, 5.74) is 1.22. The second-order valence-corrected chi connectivity index (χ2v) is 6.98. The summed E-state index contributed by atoms with van der Waals surface area (Å²) in [4.78, 5) is 17.6. The van der Waals surface area contributed by atoms with Gasteiger partial charge in [-0.1, -0.05) is 35.5 Å². The first-order chi connectivity index (χ1) is 14.2. The van der Waals surface area contributed by atoms with E-state index in [4.69, 9.17) is 14.0 Å². The molecular formula is C22H23N3O4. The molecule has 1 aromatic heterocycles. The Balaban J connectivity index is 1.46. The molecule has 1 aliphatic rings. The number of nitrogens with one attached hydrogen (secondary N) is 1. The Labute approximate surface area is 169 Å². The standard InChI is InChI=1S/C22H23N3O4/c1-27-18-9-7-16(8-10-18)20-24-19(29-25-20)15-23-21(26)22(11-13-28-14-12-22)17-5-3-2-4-6-17/h2-10H,11-15H2,1H3,(H,23,26). The summed E-state index contributed by atoms with van der Waals surface area (Å²) in [5.74, 6) is 1.55. The summed E-state index contributed by atoms with van der Waals surface area (Å²) in [5, 5.41) is 6.99. The van der Waals surface area contributed by atoms with Gasteiger partial charge >= 0.3 is 0 Å². The number of carbonyl (C=O) groups is 1. The van der Waals surface area contributed by atoms with Gasteiger partial charge in [0.15, 0.2) is 0 Å². The van der Waals surface area contributed by atoms with Crippen LogP contribution in [0.1, 0.15) is 24.3 Å². The van der Waals surface area contributed by atoms with Crippen LogP contribution in [0.2, 0.25) is 0 Å². The highest BCUT2D eigenvalue weighted by atomic mass is 16.5. The topological polar surface area (TPSA) is 86.5 Å². The smallest absolute Gasteiger partial charge is 0.246 e. The summed E-state index contributed by atoms with van der Waals surface area (Å²) >= 11 is 0. The SMILES string of the molecule is COc1ccc(-c2noc(CNC(=O)C3(c4ccccc4)CCOCC3)n2)cc1. The zero-order valence-corrected chi connectivity index (χ0v) is 16.3. The van der Waals surface area contributed by atoms with Gasteiger partial charge in [0.1, 0.15) is 5.75 Å². The van der Waals surface area contributed by atoms with Crippen molar-refractivity contribution >= 4 is 5.91 Å². The minimum absolute atomic E-state index is 0.0452. The van der Waals surface area contributed by atoms with Gasteiger partial charge in [-0.05, 0) is 42.7 Å². The molecule has 4 rings (SSSR count). The van der Waals surface area contributed by atoms with Crippen LogP contribution in [0.5, 0.6) is 5.75 Å². The van der Waals surface area contributed by atoms with Gasteiger partial charge in [-0.3, -0.25) is 4.79 Å². The lowest BCUT2D eigenvalue weighted by atomic mass is 9.73. The van der Waals surface area contributed by atoms with Crippen LogP contribution in [0, 0.1) is 0 Å². The molecule has 3 aromatic rings. The molecular weight excluding hydrogens is 370 g/mol. The van der Waals surface area contributed by atoms with Gasteiger partial charge in [-0.2, -0.15) is 4.98 Å². The van der Waals surface area contributed by atoms with Crippen molar-refractivity contribution in [3.63, 3.8) is 0 Å². The number of rotatable bonds is 6. The fourth-order valence-corrected chi connectivity index (χ4v) is 3.63. The molecule has 1 fully saturated rings. The number of nitrogens with zero attached hydrogens (tertiary/aromatic N) is 2. The van der Waals surface area contributed by atoms with Crippen molar-refractivity contribution in [2.75, 3.05) is 20.3 Å². The molecule has 1 N–H and O–H groups in total. The van der Waals surface area contributed by atoms with Crippen LogP contribution in [0.15, 0.2) is 59.1 Å². The average Bonchev–Trinajstić information content (AvgIpc) is 3.27. The quantitative estimate of drug-likeness (QED) is 0.693. The van der Waals surface area contributed by atoms with Crippen LogP contribution >= 0.6 is 0 Å². The molecule has 7 heteroatoms. The predicted octanol–water partition coefficient (Wildman–Crippen LogP) is 3.11. The van der Waals surface area contributed by atoms with Crippen LogP contribution in [0.4, 0.5) is 0 Å². The Hall–Kier alpha value is -3.19. The highest BCUT2D eigenvalue weighted by molar-refractivity contribution is 5.88. The normalized spacial score (nSPS) is 15.6. The molecule has 1 amide bonds. The molecule has 0 spiro atoms. The van der Waals surface area contributed by atoms with Crippen LogP contribution in [0.3, 0.4) is 0 Å². The first-order valence-corrected chi connectivity index (χ1v) is 9.60. The Kier molecular flexibility index (Phi) is 5.57. The van der Waals surface area contributed by atoms with Gasteiger partial charge < -0.3 is 19.3 Å². The van der Waals surface area contributed by atoms with Crippen molar-refractivity contribution in [3.8, 4) is 17.1 Å². The van der Waals surface area contributed by atoms with Crippen molar-refractivity contribution in [2.45, 2.75) is 24.8 Å². The van der Waals surface area contributed by atoms with E-state index >= 15 is 0 Å². The number of hydrogen-bond donors (Lipinski definition) is 1. The maximum atomic E-state index is 13.2. The van der Waals surface area contributed by atoms with Crippen molar-refractivity contribution in [1.29, 1.82) is 0 Å². The average molecular weight is 393 g/mol. The Morgan fingerprint density at radius 1 is 1.10 bits per heavy atom. The molecule has 1 aliphatic heterocycles. The summed E-state index contributed by atoms with van der Waals surface area (Å²) in [6, 6.07) is 17.3. The Bertz CT molecular complexity index is 948. The number of hydrogen-bond acceptors (Lipinski definition) is 6. The lowest BCUT2D eigenvalue weighted by Gasteiger charge is -2.36. The predicted molar refractivity (Wildman–Crippen MR) is 106 cm³/mol. The first kappa shape index (κ1) is 19.1. The molecule has 29 heavy (non-hydrogen) atoms. The van der Waals surface area contributed by atoms with E-state index in [1.54, 1.807) is 7.11 Å². The minimum atomic E-state index is -0.599. The van der Waals surface area contributed by atoms with E-state index in [1.165, 1.54) is 0 Å². The van der Waals surface area contributed by atoms with Crippen molar-refractivity contribution < 1.29 is 18.8 Å². The van der Waals surface area contributed by atoms with E-state index in [-0.39, 0.29) is 12.5 Å². The lowest BCUT2D eigenvalue weighted by Crippen LogP contribution is -2.47. The summed E-state index contributed by atoms with van der Waals surface area (Å²) in [6.07, 6.45) is 1.29. The van der Waals surface area contributed by atoms with Crippen LogP contribution in [-0.2, 0) is 21.5 Å². The van der Waals surface area contributed by atoms with Gasteiger partial charge in [0, 0.05) is 18.8 Å². The largest absolute Gasteiger partial charge is 0.497 e. The summed E-state index contributed by atoms with van der Waals surface area (Å²) in [6.45, 7) is 1.30. The third kappa shape index (κ3) is 4.00. The van der Waals surface area contributed by atoms with E-state index in [0.29, 0.717) is 37.8 Å². The molecule has 0 aliphatic carbocycles. The Morgan fingerprint density at radius 2 is 1.83 bits per heavy atom. The highest BCUT2D eigenvalue weighted by Crippen LogP contribution is 2.35. The van der Waals surface area contributed by atoms with Crippen LogP contribution in [0.25, 0.3) is 11.4 Å². The molecule has 0 saturated carbocycles. The number of methoxy groups -OCH3 is 1. The highest BCUT2D eigenvalue weighted by Gasteiger charge is 2.41. The maximum absolute atomic E-state index is 13.2. The second kappa shape index (κ2) is 8.45. The molecule has 2 aromatic carbocycles. The van der Waals surface area contributed by atoms with Gasteiger partial charge in [0.05, 0.1) is 19.1 Å². The van der Waals surface area contributed by atoms with Gasteiger partial charge in [0.2, 0.25) is 17.6 Å². The number of aromatic nitrogens is 2. The van der Waals surface area contributed by atoms with E-state index in [2.05, 4.69) is 15.5 Å². The fourth-order valence-electron chi connectivity index (χ4n) is 3.63. The number of amides is 1. The maximum Gasteiger partial charge on any atom is 0.246 e. The zero-order valence-electron chi connectivity index (χ0n) is 16.3.